The van der Waals surface area contributed by atoms with E-state index in [2.05, 4.69) is 36.9 Å². The molecule has 1 aliphatic carbocycles. The number of nitrogens with zero attached hydrogens (tertiary/aromatic N) is 2. The number of carboxylic acids is 1. The van der Waals surface area contributed by atoms with Gasteiger partial charge in [-0.25, -0.2) is 4.79 Å². The van der Waals surface area contributed by atoms with Crippen LogP contribution in [0, 0.1) is 11.8 Å². The lowest BCUT2D eigenvalue weighted by Gasteiger charge is -2.37. The Hall–Kier alpha value is -5.58. The van der Waals surface area contributed by atoms with Gasteiger partial charge in [-0.05, 0) is 55.9 Å². The summed E-state index contributed by atoms with van der Waals surface area (Å²) in [5.74, 6) is -8.18. The molecule has 70 heavy (non-hydrogen) atoms. The van der Waals surface area contributed by atoms with Crippen LogP contribution in [0.1, 0.15) is 117 Å². The second-order valence-corrected chi connectivity index (χ2v) is 21.5. The van der Waals surface area contributed by atoms with E-state index in [1.807, 2.05) is 19.9 Å². The quantitative estimate of drug-likeness (QED) is 0.0473. The van der Waals surface area contributed by atoms with Crippen LogP contribution in [0.4, 0.5) is 0 Å². The molecule has 23 heteroatoms. The molecule has 388 valence electrons. The van der Waals surface area contributed by atoms with Crippen molar-refractivity contribution < 1.29 is 48.3 Å². The van der Waals surface area contributed by atoms with Gasteiger partial charge in [-0.2, -0.15) is 0 Å². The number of benzene rings is 1. The topological polar surface area (TPSA) is 340 Å². The van der Waals surface area contributed by atoms with Crippen LogP contribution in [0.15, 0.2) is 35.3 Å². The lowest BCUT2D eigenvalue weighted by Crippen LogP contribution is -2.62. The van der Waals surface area contributed by atoms with Crippen LogP contribution >= 0.6 is 21.6 Å². The van der Waals surface area contributed by atoms with Crippen molar-refractivity contribution in [2.75, 3.05) is 18.8 Å². The molecule has 2 saturated heterocycles. The van der Waals surface area contributed by atoms with Crippen molar-refractivity contribution in [3.8, 4) is 0 Å². The van der Waals surface area contributed by atoms with Gasteiger partial charge in [-0.15, -0.1) is 0 Å². The van der Waals surface area contributed by atoms with Crippen LogP contribution in [0.5, 0.6) is 0 Å². The molecule has 1 spiro atoms. The highest BCUT2D eigenvalue weighted by Crippen LogP contribution is 2.48. The van der Waals surface area contributed by atoms with Gasteiger partial charge in [-0.1, -0.05) is 112 Å². The van der Waals surface area contributed by atoms with Gasteiger partial charge in [-0.3, -0.25) is 43.3 Å². The minimum absolute atomic E-state index is 0.000861. The van der Waals surface area contributed by atoms with Crippen molar-refractivity contribution in [2.45, 2.75) is 165 Å². The molecule has 0 bridgehead atoms. The highest BCUT2D eigenvalue weighted by atomic mass is 33.1. The zero-order valence-electron chi connectivity index (χ0n) is 40.7. The third kappa shape index (κ3) is 17.1. The minimum Gasteiger partial charge on any atom is -0.480 e. The van der Waals surface area contributed by atoms with Gasteiger partial charge in [0, 0.05) is 36.4 Å². The molecule has 2 heterocycles. The number of rotatable bonds is 16. The third-order valence-corrected chi connectivity index (χ3v) is 16.6. The molecular weight excluding hydrogens is 943 g/mol. The first-order chi connectivity index (χ1) is 33.3. The van der Waals surface area contributed by atoms with Crippen LogP contribution in [0.25, 0.3) is 0 Å². The molecule has 3 fully saturated rings. The van der Waals surface area contributed by atoms with E-state index in [0.29, 0.717) is 37.7 Å². The number of carbonyl (C=O) groups excluding carboxylic acids is 8. The fourth-order valence-electron chi connectivity index (χ4n) is 8.86. The summed E-state index contributed by atoms with van der Waals surface area (Å²) in [5.41, 5.74) is 17.1. The van der Waals surface area contributed by atoms with Gasteiger partial charge in [0.05, 0.1) is 6.42 Å². The number of aliphatic carboxylic acids is 1. The normalized spacial score (nSPS) is 25.4. The first kappa shape index (κ1) is 57.0. The lowest BCUT2D eigenvalue weighted by molar-refractivity contribution is -0.145. The van der Waals surface area contributed by atoms with E-state index in [1.165, 1.54) is 26.5 Å². The number of likely N-dealkylation sites (tertiary alicyclic amines) is 1. The average molecular weight is 1020 g/mol. The zero-order valence-corrected chi connectivity index (χ0v) is 42.3. The van der Waals surface area contributed by atoms with E-state index in [4.69, 9.17) is 17.2 Å². The number of guanidine groups is 1. The van der Waals surface area contributed by atoms with Gasteiger partial charge in [0.1, 0.15) is 42.3 Å². The molecule has 0 radical (unpaired) electrons. The molecule has 1 saturated carbocycles. The summed E-state index contributed by atoms with van der Waals surface area (Å²) in [5, 5.41) is 26.4. The Bertz CT molecular complexity index is 2040. The molecule has 3 aliphatic rings. The number of hydrogen-bond donors (Lipinski definition) is 10. The van der Waals surface area contributed by atoms with Gasteiger partial charge >= 0.3 is 5.97 Å². The Morgan fingerprint density at radius 2 is 1.44 bits per heavy atom. The maximum Gasteiger partial charge on any atom is 0.326 e. The third-order valence-electron chi connectivity index (χ3n) is 13.3. The van der Waals surface area contributed by atoms with Gasteiger partial charge in [0.15, 0.2) is 5.96 Å². The molecule has 0 aromatic heterocycles. The van der Waals surface area contributed by atoms with Crippen LogP contribution in [0.3, 0.4) is 0 Å². The summed E-state index contributed by atoms with van der Waals surface area (Å²) in [4.78, 5) is 130. The fraction of sp³-hybridized carbons (Fsp3) is 0.660. The van der Waals surface area contributed by atoms with Crippen molar-refractivity contribution in [1.29, 1.82) is 0 Å². The minimum atomic E-state index is -1.62. The van der Waals surface area contributed by atoms with E-state index in [-0.39, 0.29) is 68.7 Å². The molecule has 2 unspecified atom stereocenters. The summed E-state index contributed by atoms with van der Waals surface area (Å²) >= 11 is 0. The number of aliphatic imine (C=N–C) groups is 1. The molecule has 8 amide bonds. The van der Waals surface area contributed by atoms with E-state index < -0.39 is 107 Å². The predicted molar refractivity (Wildman–Crippen MR) is 267 cm³/mol. The smallest absolute Gasteiger partial charge is 0.326 e. The Labute approximate surface area is 417 Å². The van der Waals surface area contributed by atoms with E-state index in [1.54, 1.807) is 38.1 Å². The fourth-order valence-corrected chi connectivity index (χ4v) is 12.2. The summed E-state index contributed by atoms with van der Waals surface area (Å²) in [7, 11) is 2.64. The molecular formula is C47H73N11O10S2. The standard InChI is InChI=1S/C47H73N11O10S2/c1-5-27(3)37-42(64)53-31(23-29-15-9-7-10-16-29)40(62)57-38(28(4)6-2)43(65)54-32(24-35(48)59)39(61)55-33(26-69-70-47(25-36(60)56-37)19-11-8-12-20-47)44(66)58-22-14-18-34(58)41(63)52-30(45(67)68)17-13-21-51-46(49)50/h7,9-10,15-16,27-28,30-34,37-38H,5-6,8,11-14,17-26H2,1-4H3,(H2,48,59)(H,52,63)(H,53,64)(H,54,65)(H,55,61)(H,56,60)(H,57,62)(H,67,68)(H4,49,50,51)/t27-,28+,30+,31?,32+,33?,34+,37-,38+/m1/s1. The Balaban J connectivity index is 1.74. The highest BCUT2D eigenvalue weighted by Gasteiger charge is 2.43. The summed E-state index contributed by atoms with van der Waals surface area (Å²) in [6.45, 7) is 7.47. The number of carboxylic acid groups (broad SMARTS) is 1. The summed E-state index contributed by atoms with van der Waals surface area (Å²) in [6.07, 6.45) is 4.95. The number of carbonyl (C=O) groups is 9. The molecule has 2 aliphatic heterocycles. The monoisotopic (exact) mass is 1020 g/mol. The van der Waals surface area contributed by atoms with Crippen LogP contribution in [-0.2, 0) is 49.6 Å². The zero-order chi connectivity index (χ0) is 51.5. The molecule has 21 nitrogen and oxygen atoms in total. The number of amides is 8. The number of nitrogens with one attached hydrogen (secondary N) is 6. The molecule has 9 atom stereocenters. The predicted octanol–water partition coefficient (Wildman–Crippen LogP) is 0.723. The lowest BCUT2D eigenvalue weighted by atomic mass is 9.85. The Morgan fingerprint density at radius 3 is 2.04 bits per heavy atom. The van der Waals surface area contributed by atoms with Crippen molar-refractivity contribution >= 4 is 80.8 Å². The average Bonchev–Trinajstić information content (AvgIpc) is 3.82. The second-order valence-electron chi connectivity index (χ2n) is 18.7. The Kier molecular flexibility index (Phi) is 22.6. The SMILES string of the molecule is CC[C@@H](C)[C@H]1NC(=O)CC2(CCCCC2)SSCC(C(=O)N2CCC[C@H]2C(=O)N[C@@H](CCCN=C(N)N)C(=O)O)NC(=O)[C@H](CC(N)=O)NC(=O)[C@H]([C@@H](C)CC)NC(=O)C(Cc2ccccc2)NC1=O. The van der Waals surface area contributed by atoms with Crippen LogP contribution < -0.4 is 49.1 Å². The van der Waals surface area contributed by atoms with Crippen molar-refractivity contribution in [2.24, 2.45) is 34.0 Å². The van der Waals surface area contributed by atoms with E-state index in [0.717, 1.165) is 19.3 Å². The van der Waals surface area contributed by atoms with E-state index in [9.17, 15) is 48.3 Å². The first-order valence-corrected chi connectivity index (χ1v) is 26.6. The first-order valence-electron chi connectivity index (χ1n) is 24.3. The van der Waals surface area contributed by atoms with Crippen molar-refractivity contribution in [1.82, 2.24) is 36.8 Å². The maximum atomic E-state index is 14.7. The van der Waals surface area contributed by atoms with Crippen LogP contribution in [0.2, 0.25) is 0 Å². The van der Waals surface area contributed by atoms with Gasteiger partial charge in [0.25, 0.3) is 0 Å². The van der Waals surface area contributed by atoms with E-state index >= 15 is 0 Å². The molecule has 1 aromatic carbocycles. The Morgan fingerprint density at radius 1 is 0.829 bits per heavy atom. The van der Waals surface area contributed by atoms with Crippen molar-refractivity contribution in [3.05, 3.63) is 35.9 Å². The second kappa shape index (κ2) is 27.7. The molecule has 13 N–H and O–H groups in total. The summed E-state index contributed by atoms with van der Waals surface area (Å²) < 4.78 is -0.645. The number of nitrogens with two attached hydrogens (primary N) is 3. The highest BCUT2D eigenvalue weighted by molar-refractivity contribution is 8.77. The number of hydrogen-bond acceptors (Lipinski definition) is 12. The largest absolute Gasteiger partial charge is 0.480 e. The summed E-state index contributed by atoms with van der Waals surface area (Å²) in [6, 6.07) is 0.0689. The number of primary amides is 1. The van der Waals surface area contributed by atoms with Gasteiger partial charge in [0.2, 0.25) is 47.3 Å². The van der Waals surface area contributed by atoms with Crippen molar-refractivity contribution in [3.63, 3.8) is 0 Å². The maximum absolute atomic E-state index is 14.7. The molecule has 4 rings (SSSR count). The molecule has 1 aromatic rings. The van der Waals surface area contributed by atoms with Crippen LogP contribution in [-0.4, -0.2) is 135 Å². The van der Waals surface area contributed by atoms with Gasteiger partial charge < -0.3 is 59.1 Å².